The van der Waals surface area contributed by atoms with E-state index in [1.165, 1.54) is 0 Å². The van der Waals surface area contributed by atoms with E-state index in [-0.39, 0.29) is 36.3 Å². The fourth-order valence-corrected chi connectivity index (χ4v) is 3.95. The monoisotopic (exact) mass is 496 g/mol. The van der Waals surface area contributed by atoms with Crippen molar-refractivity contribution in [2.75, 3.05) is 56.5 Å². The second kappa shape index (κ2) is 11.5. The zero-order valence-corrected chi connectivity index (χ0v) is 18.5. The minimum Gasteiger partial charge on any atom is -0.357 e. The number of guanidine groups is 1. The molecule has 1 aromatic rings. The Morgan fingerprint density at radius 3 is 2.35 bits per heavy atom. The van der Waals surface area contributed by atoms with Gasteiger partial charge in [0.25, 0.3) is 0 Å². The molecule has 0 amide bonds. The second-order valence-electron chi connectivity index (χ2n) is 5.68. The molecule has 2 rings (SSSR count). The summed E-state index contributed by atoms with van der Waals surface area (Å²) in [5.74, 6) is 1.57. The Hall–Kier alpha value is -1.14. The second-order valence-corrected chi connectivity index (χ2v) is 7.77. The summed E-state index contributed by atoms with van der Waals surface area (Å²) < 4.78 is 26.6. The quantitative estimate of drug-likeness (QED) is 0.329. The molecule has 0 bridgehead atoms. The SMILES string of the molecule is CCNC(=NCCS(=O)(=O)N1CCN(c2ccccn2)CC1)NCC.I. The maximum Gasteiger partial charge on any atom is 0.216 e. The molecule has 26 heavy (non-hydrogen) atoms. The lowest BCUT2D eigenvalue weighted by molar-refractivity contribution is 0.384. The molecule has 0 aliphatic carbocycles. The third-order valence-electron chi connectivity index (χ3n) is 3.91. The van der Waals surface area contributed by atoms with Gasteiger partial charge in [-0.25, -0.2) is 13.4 Å². The average molecular weight is 496 g/mol. The van der Waals surface area contributed by atoms with E-state index in [1.807, 2.05) is 32.0 Å². The van der Waals surface area contributed by atoms with E-state index in [9.17, 15) is 8.42 Å². The van der Waals surface area contributed by atoms with E-state index < -0.39 is 10.0 Å². The van der Waals surface area contributed by atoms with Crippen LogP contribution in [0.15, 0.2) is 29.4 Å². The van der Waals surface area contributed by atoms with Crippen LogP contribution in [0.25, 0.3) is 0 Å². The van der Waals surface area contributed by atoms with E-state index in [0.717, 1.165) is 18.9 Å². The molecular weight excluding hydrogens is 467 g/mol. The molecule has 1 aliphatic heterocycles. The number of aliphatic imine (C=N–C) groups is 1. The molecule has 0 saturated carbocycles. The van der Waals surface area contributed by atoms with E-state index in [2.05, 4.69) is 25.5 Å². The number of rotatable bonds is 7. The molecule has 1 aromatic heterocycles. The molecule has 148 valence electrons. The summed E-state index contributed by atoms with van der Waals surface area (Å²) in [4.78, 5) is 10.7. The lowest BCUT2D eigenvalue weighted by Crippen LogP contribution is -2.49. The van der Waals surface area contributed by atoms with Crippen molar-refractivity contribution in [2.45, 2.75) is 13.8 Å². The zero-order chi connectivity index (χ0) is 18.1. The van der Waals surface area contributed by atoms with Gasteiger partial charge in [0, 0.05) is 45.5 Å². The van der Waals surface area contributed by atoms with E-state index in [4.69, 9.17) is 0 Å². The van der Waals surface area contributed by atoms with Gasteiger partial charge in [-0.3, -0.25) is 4.99 Å². The first-order chi connectivity index (χ1) is 12.1. The minimum absolute atomic E-state index is 0. The molecule has 2 heterocycles. The molecule has 1 saturated heterocycles. The normalized spacial score (nSPS) is 15.1. The molecule has 0 radical (unpaired) electrons. The molecule has 8 nitrogen and oxygen atoms in total. The van der Waals surface area contributed by atoms with Gasteiger partial charge in [-0.1, -0.05) is 6.07 Å². The Balaban J connectivity index is 0.00000338. The fraction of sp³-hybridized carbons (Fsp3) is 0.625. The van der Waals surface area contributed by atoms with Crippen LogP contribution >= 0.6 is 24.0 Å². The predicted molar refractivity (Wildman–Crippen MR) is 117 cm³/mol. The Morgan fingerprint density at radius 2 is 1.81 bits per heavy atom. The smallest absolute Gasteiger partial charge is 0.216 e. The number of aromatic nitrogens is 1. The number of nitrogens with zero attached hydrogens (tertiary/aromatic N) is 4. The summed E-state index contributed by atoms with van der Waals surface area (Å²) in [5.41, 5.74) is 0. The van der Waals surface area contributed by atoms with E-state index in [1.54, 1.807) is 10.5 Å². The van der Waals surface area contributed by atoms with Crippen molar-refractivity contribution in [1.29, 1.82) is 0 Å². The van der Waals surface area contributed by atoms with Gasteiger partial charge in [0.2, 0.25) is 10.0 Å². The van der Waals surface area contributed by atoms with Gasteiger partial charge in [-0.15, -0.1) is 24.0 Å². The van der Waals surface area contributed by atoms with Crippen molar-refractivity contribution in [3.8, 4) is 0 Å². The molecule has 0 aromatic carbocycles. The first kappa shape index (κ1) is 22.9. The molecule has 2 N–H and O–H groups in total. The van der Waals surface area contributed by atoms with Gasteiger partial charge in [0.1, 0.15) is 5.82 Å². The summed E-state index contributed by atoms with van der Waals surface area (Å²) >= 11 is 0. The highest BCUT2D eigenvalue weighted by molar-refractivity contribution is 14.0. The molecule has 10 heteroatoms. The first-order valence-corrected chi connectivity index (χ1v) is 10.3. The Labute approximate surface area is 173 Å². The number of halogens is 1. The lowest BCUT2D eigenvalue weighted by Gasteiger charge is -2.34. The molecule has 0 atom stereocenters. The maximum atomic E-state index is 12.5. The maximum absolute atomic E-state index is 12.5. The minimum atomic E-state index is -3.29. The van der Waals surface area contributed by atoms with Crippen molar-refractivity contribution in [3.05, 3.63) is 24.4 Å². The lowest BCUT2D eigenvalue weighted by atomic mass is 10.3. The molecule has 1 aliphatic rings. The number of piperazine rings is 1. The summed E-state index contributed by atoms with van der Waals surface area (Å²) in [7, 11) is -3.29. The Morgan fingerprint density at radius 1 is 1.15 bits per heavy atom. The molecular formula is C16H29IN6O2S. The van der Waals surface area contributed by atoms with Gasteiger partial charge >= 0.3 is 0 Å². The van der Waals surface area contributed by atoms with Crippen LogP contribution in [0.5, 0.6) is 0 Å². The number of anilines is 1. The molecule has 1 fully saturated rings. The largest absolute Gasteiger partial charge is 0.357 e. The Kier molecular flexibility index (Phi) is 10.2. The van der Waals surface area contributed by atoms with Crippen LogP contribution in [0, 0.1) is 0 Å². The summed E-state index contributed by atoms with van der Waals surface area (Å²) in [6.45, 7) is 7.96. The highest BCUT2D eigenvalue weighted by atomic mass is 127. The van der Waals surface area contributed by atoms with Crippen molar-refractivity contribution in [2.24, 2.45) is 4.99 Å². The van der Waals surface area contributed by atoms with E-state index in [0.29, 0.717) is 32.1 Å². The number of nitrogens with one attached hydrogen (secondary N) is 2. The summed E-state index contributed by atoms with van der Waals surface area (Å²) in [6, 6.07) is 5.76. The van der Waals surface area contributed by atoms with Crippen molar-refractivity contribution in [3.63, 3.8) is 0 Å². The van der Waals surface area contributed by atoms with Crippen LogP contribution < -0.4 is 15.5 Å². The van der Waals surface area contributed by atoms with Crippen LogP contribution in [0.3, 0.4) is 0 Å². The van der Waals surface area contributed by atoms with Crippen LogP contribution in [0.2, 0.25) is 0 Å². The van der Waals surface area contributed by atoms with Crippen molar-refractivity contribution >= 4 is 45.8 Å². The summed E-state index contributed by atoms with van der Waals surface area (Å²) in [6.07, 6.45) is 1.75. The number of sulfonamides is 1. The van der Waals surface area contributed by atoms with Crippen molar-refractivity contribution in [1.82, 2.24) is 19.9 Å². The first-order valence-electron chi connectivity index (χ1n) is 8.72. The van der Waals surface area contributed by atoms with Gasteiger partial charge < -0.3 is 15.5 Å². The summed E-state index contributed by atoms with van der Waals surface area (Å²) in [5, 5.41) is 6.18. The molecule has 0 spiro atoms. The number of hydrogen-bond acceptors (Lipinski definition) is 5. The van der Waals surface area contributed by atoms with Crippen molar-refractivity contribution < 1.29 is 8.42 Å². The highest BCUT2D eigenvalue weighted by Gasteiger charge is 2.26. The van der Waals surface area contributed by atoms with Gasteiger partial charge in [-0.05, 0) is 26.0 Å². The van der Waals surface area contributed by atoms with Gasteiger partial charge in [0.15, 0.2) is 5.96 Å². The van der Waals surface area contributed by atoms with Crippen LogP contribution in [0.4, 0.5) is 5.82 Å². The fourth-order valence-electron chi connectivity index (χ4n) is 2.65. The van der Waals surface area contributed by atoms with E-state index >= 15 is 0 Å². The molecule has 0 unspecified atom stereocenters. The topological polar surface area (TPSA) is 89.9 Å². The van der Waals surface area contributed by atoms with Crippen LogP contribution in [-0.4, -0.2) is 75.2 Å². The third kappa shape index (κ3) is 6.88. The zero-order valence-electron chi connectivity index (χ0n) is 15.4. The van der Waals surface area contributed by atoms with Gasteiger partial charge in [-0.2, -0.15) is 4.31 Å². The average Bonchev–Trinajstić information content (AvgIpc) is 2.63. The predicted octanol–water partition coefficient (Wildman–Crippen LogP) is 0.726. The van der Waals surface area contributed by atoms with Crippen LogP contribution in [-0.2, 0) is 10.0 Å². The van der Waals surface area contributed by atoms with Gasteiger partial charge in [0.05, 0.1) is 12.3 Å². The number of pyridine rings is 1. The Bertz CT molecular complexity index is 640. The number of hydrogen-bond donors (Lipinski definition) is 2. The third-order valence-corrected chi connectivity index (χ3v) is 5.76. The standard InChI is InChI=1S/C16H28N6O2S.HI/c1-3-17-16(18-4-2)20-9-14-25(23,24)22-12-10-21(11-13-22)15-7-5-6-8-19-15;/h5-8H,3-4,9-14H2,1-2H3,(H2,17,18,20);1H. The van der Waals surface area contributed by atoms with Crippen LogP contribution in [0.1, 0.15) is 13.8 Å². The highest BCUT2D eigenvalue weighted by Crippen LogP contribution is 2.14.